The molecule has 1 aromatic heterocycles. The summed E-state index contributed by atoms with van der Waals surface area (Å²) in [5, 5.41) is 5.69. The number of ether oxygens (including phenoxy) is 1. The highest BCUT2D eigenvalue weighted by atomic mass is 32.1. The van der Waals surface area contributed by atoms with Crippen molar-refractivity contribution in [2.45, 2.75) is 19.9 Å². The van der Waals surface area contributed by atoms with Gasteiger partial charge < -0.3 is 15.0 Å². The SMILES string of the molecule is COc1cccc(N2CC(C(=O)NCc3nc(C)cs3)CC2=O)c1. The Hall–Kier alpha value is -2.41. The Labute approximate surface area is 144 Å². The van der Waals surface area contributed by atoms with Crippen LogP contribution in [-0.2, 0) is 16.1 Å². The summed E-state index contributed by atoms with van der Waals surface area (Å²) in [5.74, 6) is 0.187. The first-order valence-corrected chi connectivity index (χ1v) is 8.58. The predicted octanol–water partition coefficient (Wildman–Crippen LogP) is 2.13. The number of rotatable bonds is 5. The number of carbonyl (C=O) groups excluding carboxylic acids is 2. The van der Waals surface area contributed by atoms with Crippen LogP contribution in [0.5, 0.6) is 5.75 Å². The summed E-state index contributed by atoms with van der Waals surface area (Å²) in [6.45, 7) is 2.71. The summed E-state index contributed by atoms with van der Waals surface area (Å²) in [7, 11) is 1.58. The van der Waals surface area contributed by atoms with E-state index in [4.69, 9.17) is 4.74 Å². The number of aromatic nitrogens is 1. The molecule has 24 heavy (non-hydrogen) atoms. The normalized spacial score (nSPS) is 17.2. The number of amides is 2. The molecule has 0 saturated carbocycles. The lowest BCUT2D eigenvalue weighted by molar-refractivity contribution is -0.126. The van der Waals surface area contributed by atoms with Crippen LogP contribution < -0.4 is 15.0 Å². The average molecular weight is 345 g/mol. The molecule has 3 rings (SSSR count). The molecule has 7 heteroatoms. The zero-order chi connectivity index (χ0) is 17.1. The minimum atomic E-state index is -0.343. The molecule has 1 aliphatic rings. The molecule has 0 bridgehead atoms. The smallest absolute Gasteiger partial charge is 0.227 e. The van der Waals surface area contributed by atoms with Crippen LogP contribution in [0.2, 0.25) is 0 Å². The number of carbonyl (C=O) groups is 2. The monoisotopic (exact) mass is 345 g/mol. The summed E-state index contributed by atoms with van der Waals surface area (Å²) in [5.41, 5.74) is 1.70. The molecular weight excluding hydrogens is 326 g/mol. The second kappa shape index (κ2) is 7.00. The van der Waals surface area contributed by atoms with Crippen LogP contribution >= 0.6 is 11.3 Å². The van der Waals surface area contributed by atoms with Crippen molar-refractivity contribution in [3.05, 3.63) is 40.3 Å². The first kappa shape index (κ1) is 16.4. The van der Waals surface area contributed by atoms with Gasteiger partial charge in [0.15, 0.2) is 0 Å². The van der Waals surface area contributed by atoms with E-state index in [0.29, 0.717) is 18.8 Å². The molecule has 2 heterocycles. The van der Waals surface area contributed by atoms with Gasteiger partial charge in [0.05, 0.1) is 19.6 Å². The molecule has 1 unspecified atom stereocenters. The van der Waals surface area contributed by atoms with Crippen LogP contribution in [0.1, 0.15) is 17.1 Å². The van der Waals surface area contributed by atoms with Gasteiger partial charge in [-0.1, -0.05) is 6.07 Å². The van der Waals surface area contributed by atoms with Crippen molar-refractivity contribution in [3.8, 4) is 5.75 Å². The summed E-state index contributed by atoms with van der Waals surface area (Å²) >= 11 is 1.52. The van der Waals surface area contributed by atoms with Gasteiger partial charge in [0.25, 0.3) is 0 Å². The van der Waals surface area contributed by atoms with Gasteiger partial charge in [-0.25, -0.2) is 4.98 Å². The number of hydrogen-bond donors (Lipinski definition) is 1. The minimum absolute atomic E-state index is 0.0477. The summed E-state index contributed by atoms with van der Waals surface area (Å²) < 4.78 is 5.19. The number of nitrogens with one attached hydrogen (secondary N) is 1. The Bertz CT molecular complexity index is 759. The van der Waals surface area contributed by atoms with E-state index in [1.807, 2.05) is 30.5 Å². The number of aryl methyl sites for hydroxylation is 1. The number of thiazole rings is 1. The van der Waals surface area contributed by atoms with E-state index < -0.39 is 0 Å². The van der Waals surface area contributed by atoms with E-state index >= 15 is 0 Å². The van der Waals surface area contributed by atoms with Gasteiger partial charge in [0, 0.05) is 35.8 Å². The fraction of sp³-hybridized carbons (Fsp3) is 0.353. The fourth-order valence-electron chi connectivity index (χ4n) is 2.70. The van der Waals surface area contributed by atoms with Gasteiger partial charge in [0.2, 0.25) is 11.8 Å². The predicted molar refractivity (Wildman–Crippen MR) is 92.2 cm³/mol. The van der Waals surface area contributed by atoms with E-state index in [-0.39, 0.29) is 24.2 Å². The molecular formula is C17H19N3O3S. The Balaban J connectivity index is 1.62. The lowest BCUT2D eigenvalue weighted by atomic mass is 10.1. The summed E-state index contributed by atoms with van der Waals surface area (Å²) in [6.07, 6.45) is 0.222. The Kier molecular flexibility index (Phi) is 4.80. The van der Waals surface area contributed by atoms with Crippen molar-refractivity contribution in [2.75, 3.05) is 18.6 Å². The minimum Gasteiger partial charge on any atom is -0.497 e. The van der Waals surface area contributed by atoms with Crippen molar-refractivity contribution in [1.29, 1.82) is 0 Å². The molecule has 2 amide bonds. The number of hydrogen-bond acceptors (Lipinski definition) is 5. The molecule has 0 spiro atoms. The van der Waals surface area contributed by atoms with Crippen LogP contribution in [0.15, 0.2) is 29.6 Å². The first-order chi connectivity index (χ1) is 11.6. The second-order valence-electron chi connectivity index (χ2n) is 5.71. The molecule has 1 aliphatic heterocycles. The van der Waals surface area contributed by atoms with Gasteiger partial charge in [0.1, 0.15) is 10.8 Å². The summed E-state index contributed by atoms with van der Waals surface area (Å²) in [4.78, 5) is 30.6. The van der Waals surface area contributed by atoms with E-state index in [9.17, 15) is 9.59 Å². The maximum absolute atomic E-state index is 12.3. The van der Waals surface area contributed by atoms with E-state index in [0.717, 1.165) is 16.4 Å². The van der Waals surface area contributed by atoms with Crippen LogP contribution in [0.25, 0.3) is 0 Å². The zero-order valence-corrected chi connectivity index (χ0v) is 14.4. The molecule has 1 atom stereocenters. The van der Waals surface area contributed by atoms with Gasteiger partial charge >= 0.3 is 0 Å². The number of nitrogens with zero attached hydrogens (tertiary/aromatic N) is 2. The van der Waals surface area contributed by atoms with Gasteiger partial charge in [-0.3, -0.25) is 9.59 Å². The quantitative estimate of drug-likeness (QED) is 0.901. The highest BCUT2D eigenvalue weighted by Crippen LogP contribution is 2.28. The largest absolute Gasteiger partial charge is 0.497 e. The second-order valence-corrected chi connectivity index (χ2v) is 6.65. The molecule has 1 fully saturated rings. The highest BCUT2D eigenvalue weighted by Gasteiger charge is 2.35. The maximum atomic E-state index is 12.3. The molecule has 126 valence electrons. The van der Waals surface area contributed by atoms with Crippen molar-refractivity contribution >= 4 is 28.8 Å². The molecule has 2 aromatic rings. The third kappa shape index (κ3) is 3.56. The number of benzene rings is 1. The maximum Gasteiger partial charge on any atom is 0.227 e. The standard InChI is InChI=1S/C17H19N3O3S/c1-11-10-24-15(19-11)8-18-17(22)12-6-16(21)20(9-12)13-4-3-5-14(7-13)23-2/h3-5,7,10,12H,6,8-9H2,1-2H3,(H,18,22). The van der Waals surface area contributed by atoms with E-state index in [2.05, 4.69) is 10.3 Å². The number of anilines is 1. The zero-order valence-electron chi connectivity index (χ0n) is 13.6. The Morgan fingerprint density at radius 1 is 1.50 bits per heavy atom. The first-order valence-electron chi connectivity index (χ1n) is 7.70. The van der Waals surface area contributed by atoms with Crippen LogP contribution in [0, 0.1) is 12.8 Å². The van der Waals surface area contributed by atoms with Gasteiger partial charge in [-0.15, -0.1) is 11.3 Å². The molecule has 0 radical (unpaired) electrons. The molecule has 0 aliphatic carbocycles. The molecule has 1 aromatic carbocycles. The van der Waals surface area contributed by atoms with Crippen LogP contribution in [-0.4, -0.2) is 30.5 Å². The van der Waals surface area contributed by atoms with E-state index in [1.165, 1.54) is 11.3 Å². The van der Waals surface area contributed by atoms with Gasteiger partial charge in [-0.05, 0) is 19.1 Å². The van der Waals surface area contributed by atoms with Crippen molar-refractivity contribution in [2.24, 2.45) is 5.92 Å². The third-order valence-corrected chi connectivity index (χ3v) is 4.91. The van der Waals surface area contributed by atoms with Crippen molar-refractivity contribution in [3.63, 3.8) is 0 Å². The summed E-state index contributed by atoms with van der Waals surface area (Å²) in [6, 6.07) is 7.31. The Morgan fingerprint density at radius 2 is 2.33 bits per heavy atom. The molecule has 1 saturated heterocycles. The lowest BCUT2D eigenvalue weighted by Gasteiger charge is -2.17. The average Bonchev–Trinajstić information content (AvgIpc) is 3.18. The van der Waals surface area contributed by atoms with Crippen molar-refractivity contribution < 1.29 is 14.3 Å². The lowest BCUT2D eigenvalue weighted by Crippen LogP contribution is -2.32. The highest BCUT2D eigenvalue weighted by molar-refractivity contribution is 7.09. The fourth-order valence-corrected chi connectivity index (χ4v) is 3.41. The van der Waals surface area contributed by atoms with Crippen LogP contribution in [0.3, 0.4) is 0 Å². The number of methoxy groups -OCH3 is 1. The van der Waals surface area contributed by atoms with Gasteiger partial charge in [-0.2, -0.15) is 0 Å². The van der Waals surface area contributed by atoms with E-state index in [1.54, 1.807) is 18.1 Å². The van der Waals surface area contributed by atoms with Crippen molar-refractivity contribution in [1.82, 2.24) is 10.3 Å². The molecule has 1 N–H and O–H groups in total. The third-order valence-electron chi connectivity index (χ3n) is 3.94. The van der Waals surface area contributed by atoms with Crippen LogP contribution in [0.4, 0.5) is 5.69 Å². The topological polar surface area (TPSA) is 71.5 Å². The molecule has 6 nitrogen and oxygen atoms in total. The Morgan fingerprint density at radius 3 is 3.04 bits per heavy atom.